The van der Waals surface area contributed by atoms with E-state index >= 15 is 0 Å². The van der Waals surface area contributed by atoms with Crippen LogP contribution in [0.2, 0.25) is 0 Å². The van der Waals surface area contributed by atoms with Gasteiger partial charge in [0.05, 0.1) is 18.8 Å². The van der Waals surface area contributed by atoms with Crippen molar-refractivity contribution in [1.82, 2.24) is 0 Å². The van der Waals surface area contributed by atoms with Crippen molar-refractivity contribution in [2.75, 3.05) is 7.11 Å². The predicted octanol–water partition coefficient (Wildman–Crippen LogP) is 5.24. The van der Waals surface area contributed by atoms with E-state index in [1.165, 1.54) is 12.3 Å². The zero-order valence-corrected chi connectivity index (χ0v) is 17.1. The van der Waals surface area contributed by atoms with Crippen LogP contribution in [-0.2, 0) is 11.2 Å². The summed E-state index contributed by atoms with van der Waals surface area (Å²) in [5, 5.41) is 0.344. The molecule has 0 unspecified atom stereocenters. The Labute approximate surface area is 178 Å². The van der Waals surface area contributed by atoms with E-state index in [-0.39, 0.29) is 11.5 Å². The van der Waals surface area contributed by atoms with Crippen LogP contribution in [-0.4, -0.2) is 13.1 Å². The molecule has 0 radical (unpaired) electrons. The Hall–Kier alpha value is -4.06. The number of rotatable bonds is 6. The van der Waals surface area contributed by atoms with Crippen molar-refractivity contribution < 1.29 is 23.1 Å². The maximum absolute atomic E-state index is 13.2. The summed E-state index contributed by atoms with van der Waals surface area (Å²) in [4.78, 5) is 25.7. The van der Waals surface area contributed by atoms with Gasteiger partial charge in [-0.25, -0.2) is 4.79 Å². The highest BCUT2D eigenvalue weighted by atomic mass is 16.5. The van der Waals surface area contributed by atoms with Crippen LogP contribution in [0.3, 0.4) is 0 Å². The lowest BCUT2D eigenvalue weighted by Gasteiger charge is -2.08. The number of ether oxygens (including phenoxy) is 2. The van der Waals surface area contributed by atoms with Gasteiger partial charge in [-0.1, -0.05) is 25.1 Å². The molecule has 0 amide bonds. The van der Waals surface area contributed by atoms with E-state index in [2.05, 4.69) is 0 Å². The molecule has 0 saturated carbocycles. The topological polar surface area (TPSA) is 78.9 Å². The maximum Gasteiger partial charge on any atom is 0.336 e. The third-order valence-corrected chi connectivity index (χ3v) is 4.80. The number of hydrogen-bond donors (Lipinski definition) is 0. The first kappa shape index (κ1) is 20.2. The summed E-state index contributed by atoms with van der Waals surface area (Å²) >= 11 is 0. The monoisotopic (exact) mass is 416 g/mol. The summed E-state index contributed by atoms with van der Waals surface area (Å²) < 4.78 is 21.8. The zero-order chi connectivity index (χ0) is 21.8. The number of furan rings is 1. The van der Waals surface area contributed by atoms with Gasteiger partial charge in [0, 0.05) is 6.08 Å². The Morgan fingerprint density at radius 2 is 1.90 bits per heavy atom. The third kappa shape index (κ3) is 4.28. The lowest BCUT2D eigenvalue weighted by atomic mass is 10.1. The van der Waals surface area contributed by atoms with E-state index < -0.39 is 11.4 Å². The smallest absolute Gasteiger partial charge is 0.336 e. The molecule has 0 aliphatic rings. The molecule has 0 fully saturated rings. The Morgan fingerprint density at radius 3 is 2.58 bits per heavy atom. The number of aryl methyl sites for hydroxylation is 1. The van der Waals surface area contributed by atoms with E-state index in [0.717, 1.165) is 17.5 Å². The quantitative estimate of drug-likeness (QED) is 0.316. The Balaban J connectivity index is 1.71. The summed E-state index contributed by atoms with van der Waals surface area (Å²) in [6.07, 6.45) is 5.05. The minimum absolute atomic E-state index is 0.0675. The van der Waals surface area contributed by atoms with Crippen LogP contribution in [0.1, 0.15) is 18.1 Å². The Kier molecular flexibility index (Phi) is 5.71. The van der Waals surface area contributed by atoms with Gasteiger partial charge in [-0.15, -0.1) is 0 Å². The van der Waals surface area contributed by atoms with E-state index in [1.54, 1.807) is 61.7 Å². The van der Waals surface area contributed by atoms with Crippen molar-refractivity contribution in [2.45, 2.75) is 13.3 Å². The standard InChI is InChI=1S/C25H20O6/c1-3-16-8-12-20-19(15-16)23(27)25(24(30-20)21-5-4-14-29-21)31-22(26)13-9-17-6-10-18(28-2)11-7-17/h4-15H,3H2,1-2H3/b13-9+. The normalized spacial score (nSPS) is 11.2. The van der Waals surface area contributed by atoms with Crippen LogP contribution in [0.4, 0.5) is 0 Å². The molecule has 0 aliphatic carbocycles. The van der Waals surface area contributed by atoms with Gasteiger partial charge in [-0.3, -0.25) is 4.79 Å². The molecule has 0 N–H and O–H groups in total. The van der Waals surface area contributed by atoms with Crippen LogP contribution in [0.5, 0.6) is 11.5 Å². The summed E-state index contributed by atoms with van der Waals surface area (Å²) in [7, 11) is 1.58. The van der Waals surface area contributed by atoms with Gasteiger partial charge in [0.1, 0.15) is 11.3 Å². The number of fused-ring (bicyclic) bond motifs is 1. The fourth-order valence-corrected chi connectivity index (χ4v) is 3.12. The Bertz CT molecular complexity index is 1290. The molecule has 0 atom stereocenters. The first-order chi connectivity index (χ1) is 15.1. The van der Waals surface area contributed by atoms with Crippen molar-refractivity contribution in [2.24, 2.45) is 0 Å². The van der Waals surface area contributed by atoms with Crippen LogP contribution >= 0.6 is 0 Å². The predicted molar refractivity (Wildman–Crippen MR) is 117 cm³/mol. The molecule has 2 aromatic carbocycles. The molecule has 0 spiro atoms. The molecular formula is C25H20O6. The van der Waals surface area contributed by atoms with Gasteiger partial charge in [0.25, 0.3) is 0 Å². The molecule has 31 heavy (non-hydrogen) atoms. The average molecular weight is 416 g/mol. The van der Waals surface area contributed by atoms with E-state index in [0.29, 0.717) is 22.5 Å². The van der Waals surface area contributed by atoms with Gasteiger partial charge in [-0.2, -0.15) is 0 Å². The summed E-state index contributed by atoms with van der Waals surface area (Å²) in [6.45, 7) is 1.99. The first-order valence-electron chi connectivity index (χ1n) is 9.76. The number of carbonyl (C=O) groups is 1. The highest BCUT2D eigenvalue weighted by molar-refractivity contribution is 5.91. The van der Waals surface area contributed by atoms with Crippen LogP contribution in [0.25, 0.3) is 28.6 Å². The van der Waals surface area contributed by atoms with Crippen LogP contribution in [0.15, 0.2) is 80.6 Å². The van der Waals surface area contributed by atoms with Gasteiger partial charge in [0.15, 0.2) is 5.76 Å². The van der Waals surface area contributed by atoms with E-state index in [1.807, 2.05) is 13.0 Å². The molecule has 2 heterocycles. The van der Waals surface area contributed by atoms with Gasteiger partial charge >= 0.3 is 5.97 Å². The maximum atomic E-state index is 13.2. The van der Waals surface area contributed by atoms with Gasteiger partial charge < -0.3 is 18.3 Å². The fraction of sp³-hybridized carbons (Fsp3) is 0.120. The third-order valence-electron chi connectivity index (χ3n) is 4.80. The highest BCUT2D eigenvalue weighted by Gasteiger charge is 2.21. The highest BCUT2D eigenvalue weighted by Crippen LogP contribution is 2.31. The van der Waals surface area contributed by atoms with Crippen LogP contribution in [0, 0.1) is 0 Å². The van der Waals surface area contributed by atoms with Gasteiger partial charge in [-0.05, 0) is 60.0 Å². The second-order valence-electron chi connectivity index (χ2n) is 6.78. The summed E-state index contributed by atoms with van der Waals surface area (Å²) in [6, 6.07) is 15.8. The SMILES string of the molecule is CCc1ccc2oc(-c3ccco3)c(OC(=O)/C=C/c3ccc(OC)cc3)c(=O)c2c1. The van der Waals surface area contributed by atoms with E-state index in [4.69, 9.17) is 18.3 Å². The summed E-state index contributed by atoms with van der Waals surface area (Å²) in [5.74, 6) is 0.156. The number of benzene rings is 2. The van der Waals surface area contributed by atoms with Crippen LogP contribution < -0.4 is 14.9 Å². The zero-order valence-electron chi connectivity index (χ0n) is 17.1. The largest absolute Gasteiger partial charge is 0.497 e. The van der Waals surface area contributed by atoms with Crippen molar-refractivity contribution in [3.8, 4) is 23.0 Å². The molecule has 0 saturated heterocycles. The molecule has 0 bridgehead atoms. The molecule has 0 aliphatic heterocycles. The van der Waals surface area contributed by atoms with Gasteiger partial charge in [0.2, 0.25) is 16.9 Å². The molecular weight excluding hydrogens is 396 g/mol. The molecule has 4 rings (SSSR count). The number of carbonyl (C=O) groups excluding carboxylic acids is 1. The molecule has 6 heteroatoms. The van der Waals surface area contributed by atoms with Crippen molar-refractivity contribution in [3.05, 3.63) is 88.3 Å². The Morgan fingerprint density at radius 1 is 1.10 bits per heavy atom. The fourth-order valence-electron chi connectivity index (χ4n) is 3.12. The lowest BCUT2D eigenvalue weighted by Crippen LogP contribution is -2.14. The minimum Gasteiger partial charge on any atom is -0.497 e. The van der Waals surface area contributed by atoms with E-state index in [9.17, 15) is 9.59 Å². The molecule has 156 valence electrons. The minimum atomic E-state index is -0.707. The van der Waals surface area contributed by atoms with Crippen molar-refractivity contribution in [3.63, 3.8) is 0 Å². The number of esters is 1. The molecule has 2 aromatic heterocycles. The average Bonchev–Trinajstić information content (AvgIpc) is 3.34. The van der Waals surface area contributed by atoms with Crippen molar-refractivity contribution in [1.29, 1.82) is 0 Å². The summed E-state index contributed by atoms with van der Waals surface area (Å²) in [5.41, 5.74) is 1.71. The first-order valence-corrected chi connectivity index (χ1v) is 9.76. The molecule has 6 nitrogen and oxygen atoms in total. The lowest BCUT2D eigenvalue weighted by molar-refractivity contribution is -0.129. The second-order valence-corrected chi connectivity index (χ2v) is 6.78. The second kappa shape index (κ2) is 8.75. The number of hydrogen-bond acceptors (Lipinski definition) is 6. The molecule has 4 aromatic rings. The van der Waals surface area contributed by atoms with Crippen molar-refractivity contribution >= 4 is 23.0 Å². The number of methoxy groups -OCH3 is 1.